The molecule has 2 heterocycles. The highest BCUT2D eigenvalue weighted by Crippen LogP contribution is 2.19. The number of halogens is 1. The number of nitrogens with zero attached hydrogens (tertiary/aromatic N) is 3. The van der Waals surface area contributed by atoms with Gasteiger partial charge in [-0.2, -0.15) is 9.97 Å². The van der Waals surface area contributed by atoms with E-state index in [0.717, 1.165) is 12.1 Å². The van der Waals surface area contributed by atoms with Gasteiger partial charge in [-0.1, -0.05) is 20.8 Å². The van der Waals surface area contributed by atoms with Crippen molar-refractivity contribution in [2.24, 2.45) is 11.8 Å². The fourth-order valence-electron chi connectivity index (χ4n) is 1.43. The van der Waals surface area contributed by atoms with Crippen LogP contribution in [0, 0.1) is 11.8 Å². The van der Waals surface area contributed by atoms with Gasteiger partial charge in [0.25, 0.3) is 0 Å². The van der Waals surface area contributed by atoms with Gasteiger partial charge in [-0.25, -0.2) is 4.98 Å². The molecule has 2 aromatic heterocycles. The molecule has 0 spiro atoms. The van der Waals surface area contributed by atoms with Crippen LogP contribution >= 0.6 is 11.6 Å². The zero-order valence-electron chi connectivity index (χ0n) is 10.2. The summed E-state index contributed by atoms with van der Waals surface area (Å²) >= 11 is 5.84. The molecule has 0 aliphatic carbocycles. The maximum atomic E-state index is 5.84. The van der Waals surface area contributed by atoms with Gasteiger partial charge in [0.1, 0.15) is 5.52 Å². The van der Waals surface area contributed by atoms with Crippen LogP contribution in [0.25, 0.3) is 11.2 Å². The number of aromatic nitrogens is 4. The van der Waals surface area contributed by atoms with E-state index < -0.39 is 0 Å². The first-order valence-electron chi connectivity index (χ1n) is 5.68. The van der Waals surface area contributed by atoms with Gasteiger partial charge < -0.3 is 10.3 Å². The Hall–Kier alpha value is -1.36. The summed E-state index contributed by atoms with van der Waals surface area (Å²) in [6, 6.07) is 0. The highest BCUT2D eigenvalue weighted by Gasteiger charge is 2.11. The van der Waals surface area contributed by atoms with Crippen LogP contribution < -0.4 is 5.32 Å². The minimum atomic E-state index is 0.212. The van der Waals surface area contributed by atoms with Crippen molar-refractivity contribution in [3.63, 3.8) is 0 Å². The zero-order valence-corrected chi connectivity index (χ0v) is 10.9. The van der Waals surface area contributed by atoms with E-state index in [0.29, 0.717) is 23.3 Å². The number of hydrogen-bond donors (Lipinski definition) is 2. The van der Waals surface area contributed by atoms with Gasteiger partial charge in [-0.05, 0) is 23.4 Å². The highest BCUT2D eigenvalue weighted by atomic mass is 35.5. The van der Waals surface area contributed by atoms with E-state index in [1.54, 1.807) is 6.33 Å². The zero-order chi connectivity index (χ0) is 12.4. The van der Waals surface area contributed by atoms with Crippen LogP contribution in [0.15, 0.2) is 6.33 Å². The van der Waals surface area contributed by atoms with E-state index in [-0.39, 0.29) is 5.28 Å². The van der Waals surface area contributed by atoms with Gasteiger partial charge in [0.2, 0.25) is 5.28 Å². The number of nitrogens with one attached hydrogen (secondary N) is 2. The second-order valence-electron chi connectivity index (χ2n) is 4.54. The van der Waals surface area contributed by atoms with Crippen molar-refractivity contribution >= 4 is 28.6 Å². The SMILES string of the molecule is CC(C)C(C)CNc1nc(Cl)nc2nc[nH]c12. The van der Waals surface area contributed by atoms with E-state index in [9.17, 15) is 0 Å². The number of H-pyrrole nitrogens is 1. The Labute approximate surface area is 105 Å². The Morgan fingerprint density at radius 3 is 2.82 bits per heavy atom. The maximum absolute atomic E-state index is 5.84. The van der Waals surface area contributed by atoms with Crippen LogP contribution in [-0.2, 0) is 0 Å². The maximum Gasteiger partial charge on any atom is 0.226 e. The van der Waals surface area contributed by atoms with Crippen molar-refractivity contribution in [3.8, 4) is 0 Å². The quantitative estimate of drug-likeness (QED) is 0.823. The number of rotatable bonds is 4. The summed E-state index contributed by atoms with van der Waals surface area (Å²) in [4.78, 5) is 15.3. The number of hydrogen-bond acceptors (Lipinski definition) is 4. The first-order chi connectivity index (χ1) is 8.08. The van der Waals surface area contributed by atoms with Gasteiger partial charge in [0.15, 0.2) is 11.5 Å². The minimum Gasteiger partial charge on any atom is -0.368 e. The molecule has 6 heteroatoms. The average molecular weight is 254 g/mol. The molecule has 0 aromatic carbocycles. The van der Waals surface area contributed by atoms with Crippen molar-refractivity contribution in [3.05, 3.63) is 11.6 Å². The van der Waals surface area contributed by atoms with Crippen LogP contribution in [0.5, 0.6) is 0 Å². The Kier molecular flexibility index (Phi) is 3.47. The van der Waals surface area contributed by atoms with Crippen molar-refractivity contribution in [2.45, 2.75) is 20.8 Å². The van der Waals surface area contributed by atoms with Crippen LogP contribution in [-0.4, -0.2) is 26.5 Å². The van der Waals surface area contributed by atoms with E-state index in [1.165, 1.54) is 0 Å². The fourth-order valence-corrected chi connectivity index (χ4v) is 1.59. The van der Waals surface area contributed by atoms with Crippen molar-refractivity contribution in [2.75, 3.05) is 11.9 Å². The lowest BCUT2D eigenvalue weighted by Gasteiger charge is -2.16. The predicted molar refractivity (Wildman–Crippen MR) is 69.2 cm³/mol. The lowest BCUT2D eigenvalue weighted by molar-refractivity contribution is 0.439. The van der Waals surface area contributed by atoms with E-state index in [4.69, 9.17) is 11.6 Å². The van der Waals surface area contributed by atoms with Crippen molar-refractivity contribution < 1.29 is 0 Å². The largest absolute Gasteiger partial charge is 0.368 e. The monoisotopic (exact) mass is 253 g/mol. The molecular formula is C11H16ClN5. The molecule has 0 fully saturated rings. The Bertz CT molecular complexity index is 508. The molecule has 0 aliphatic heterocycles. The van der Waals surface area contributed by atoms with Crippen molar-refractivity contribution in [1.29, 1.82) is 0 Å². The number of anilines is 1. The molecule has 0 bridgehead atoms. The third-order valence-corrected chi connectivity index (χ3v) is 3.16. The standard InChI is InChI=1S/C11H16ClN5/c1-6(2)7(3)4-13-9-8-10(15-5-14-8)17-11(12)16-9/h5-7H,4H2,1-3H3,(H2,13,14,15,16,17). The van der Waals surface area contributed by atoms with Crippen LogP contribution in [0.2, 0.25) is 5.28 Å². The summed E-state index contributed by atoms with van der Waals surface area (Å²) in [5, 5.41) is 3.50. The number of fused-ring (bicyclic) bond motifs is 1. The highest BCUT2D eigenvalue weighted by molar-refractivity contribution is 6.28. The number of imidazole rings is 1. The molecule has 0 amide bonds. The minimum absolute atomic E-state index is 0.212. The topological polar surface area (TPSA) is 66.5 Å². The second-order valence-corrected chi connectivity index (χ2v) is 4.88. The fraction of sp³-hybridized carbons (Fsp3) is 0.545. The van der Waals surface area contributed by atoms with Gasteiger partial charge in [0, 0.05) is 6.54 Å². The van der Waals surface area contributed by atoms with Gasteiger partial charge >= 0.3 is 0 Å². The Morgan fingerprint density at radius 2 is 2.12 bits per heavy atom. The molecule has 0 aliphatic rings. The summed E-state index contributed by atoms with van der Waals surface area (Å²) in [6.07, 6.45) is 1.59. The van der Waals surface area contributed by atoms with Crippen LogP contribution in [0.4, 0.5) is 5.82 Å². The summed E-state index contributed by atoms with van der Waals surface area (Å²) in [5.74, 6) is 1.89. The lowest BCUT2D eigenvalue weighted by Crippen LogP contribution is -2.17. The molecule has 2 rings (SSSR count). The summed E-state index contributed by atoms with van der Waals surface area (Å²) in [7, 11) is 0. The average Bonchev–Trinajstić information content (AvgIpc) is 2.72. The molecule has 2 aromatic rings. The molecule has 0 saturated carbocycles. The van der Waals surface area contributed by atoms with Crippen LogP contribution in [0.1, 0.15) is 20.8 Å². The Balaban J connectivity index is 2.20. The van der Waals surface area contributed by atoms with Gasteiger partial charge in [0.05, 0.1) is 6.33 Å². The van der Waals surface area contributed by atoms with Crippen molar-refractivity contribution in [1.82, 2.24) is 19.9 Å². The third-order valence-electron chi connectivity index (χ3n) is 2.99. The molecule has 1 atom stereocenters. The molecule has 92 valence electrons. The summed E-state index contributed by atoms with van der Waals surface area (Å²) in [6.45, 7) is 7.44. The molecule has 1 unspecified atom stereocenters. The lowest BCUT2D eigenvalue weighted by atomic mass is 9.98. The molecule has 5 nitrogen and oxygen atoms in total. The first kappa shape index (κ1) is 12.1. The van der Waals surface area contributed by atoms with Crippen LogP contribution in [0.3, 0.4) is 0 Å². The molecule has 17 heavy (non-hydrogen) atoms. The Morgan fingerprint density at radius 1 is 1.35 bits per heavy atom. The van der Waals surface area contributed by atoms with E-state index >= 15 is 0 Å². The summed E-state index contributed by atoms with van der Waals surface area (Å²) < 4.78 is 0. The molecule has 2 N–H and O–H groups in total. The first-order valence-corrected chi connectivity index (χ1v) is 6.06. The molecular weight excluding hydrogens is 238 g/mol. The van der Waals surface area contributed by atoms with Gasteiger partial charge in [-0.3, -0.25) is 0 Å². The summed E-state index contributed by atoms with van der Waals surface area (Å²) in [5.41, 5.74) is 1.38. The molecule has 0 saturated heterocycles. The molecule has 0 radical (unpaired) electrons. The normalized spacial score (nSPS) is 13.2. The smallest absolute Gasteiger partial charge is 0.226 e. The van der Waals surface area contributed by atoms with Gasteiger partial charge in [-0.15, -0.1) is 0 Å². The second kappa shape index (κ2) is 4.87. The van der Waals surface area contributed by atoms with E-state index in [2.05, 4.69) is 46.0 Å². The van der Waals surface area contributed by atoms with E-state index in [1.807, 2.05) is 0 Å². The third kappa shape index (κ3) is 2.66. The number of aromatic amines is 1. The predicted octanol–water partition coefficient (Wildman–Crippen LogP) is 2.71.